The smallest absolute Gasteiger partial charge is 0.299 e. The average Bonchev–Trinajstić information content (AvgIpc) is 2.88. The lowest BCUT2D eigenvalue weighted by Gasteiger charge is -2.20. The molecule has 2 aliphatic rings. The Hall–Kier alpha value is -1.20. The molecule has 2 heterocycles. The highest BCUT2D eigenvalue weighted by atomic mass is 79.9. The molecule has 1 aromatic rings. The molecule has 0 radical (unpaired) electrons. The van der Waals surface area contributed by atoms with Gasteiger partial charge in [0, 0.05) is 4.47 Å². The number of hydrogen-bond acceptors (Lipinski definition) is 3. The largest absolute Gasteiger partial charge is 0.373 e. The van der Waals surface area contributed by atoms with E-state index < -0.39 is 11.7 Å². The van der Waals surface area contributed by atoms with Gasteiger partial charge in [-0.3, -0.25) is 9.59 Å². The summed E-state index contributed by atoms with van der Waals surface area (Å²) in [4.78, 5) is 25.5. The van der Waals surface area contributed by atoms with E-state index in [1.807, 2.05) is 13.0 Å². The number of carbonyl (C=O) groups is 2. The van der Waals surface area contributed by atoms with Crippen molar-refractivity contribution >= 4 is 33.3 Å². The predicted molar refractivity (Wildman–Crippen MR) is 74.4 cm³/mol. The third-order valence-electron chi connectivity index (χ3n) is 3.64. The van der Waals surface area contributed by atoms with Gasteiger partial charge < -0.3 is 9.64 Å². The van der Waals surface area contributed by atoms with E-state index in [9.17, 15) is 9.59 Å². The van der Waals surface area contributed by atoms with Crippen molar-refractivity contribution < 1.29 is 14.3 Å². The van der Waals surface area contributed by atoms with Gasteiger partial charge in [-0.1, -0.05) is 15.9 Å². The SMILES string of the molecule is CC1CCC(CN2C(=O)C(=O)c3cc(Br)ccc32)O1. The molecule has 1 amide bonds. The second kappa shape index (κ2) is 4.72. The fraction of sp³-hybridized carbons (Fsp3) is 0.429. The molecule has 0 spiro atoms. The van der Waals surface area contributed by atoms with Crippen molar-refractivity contribution in [2.75, 3.05) is 11.4 Å². The zero-order valence-corrected chi connectivity index (χ0v) is 12.1. The molecule has 1 aromatic carbocycles. The molecule has 2 unspecified atom stereocenters. The van der Waals surface area contributed by atoms with Crippen molar-refractivity contribution in [2.45, 2.75) is 32.0 Å². The quantitative estimate of drug-likeness (QED) is 0.786. The lowest BCUT2D eigenvalue weighted by molar-refractivity contribution is -0.114. The molecule has 5 heteroatoms. The zero-order chi connectivity index (χ0) is 13.6. The molecule has 100 valence electrons. The third kappa shape index (κ3) is 2.21. The molecule has 0 aliphatic carbocycles. The van der Waals surface area contributed by atoms with Crippen LogP contribution < -0.4 is 4.90 Å². The first-order valence-corrected chi connectivity index (χ1v) is 7.17. The van der Waals surface area contributed by atoms with Crippen LogP contribution in [0.15, 0.2) is 22.7 Å². The van der Waals surface area contributed by atoms with Crippen LogP contribution in [0, 0.1) is 0 Å². The average molecular weight is 324 g/mol. The molecular formula is C14H14BrNO3. The predicted octanol–water partition coefficient (Wildman–Crippen LogP) is 2.55. The van der Waals surface area contributed by atoms with Crippen molar-refractivity contribution in [3.05, 3.63) is 28.2 Å². The van der Waals surface area contributed by atoms with E-state index in [1.165, 1.54) is 0 Å². The van der Waals surface area contributed by atoms with Crippen LogP contribution in [0.2, 0.25) is 0 Å². The summed E-state index contributed by atoms with van der Waals surface area (Å²) < 4.78 is 6.54. The summed E-state index contributed by atoms with van der Waals surface area (Å²) in [7, 11) is 0. The summed E-state index contributed by atoms with van der Waals surface area (Å²) in [5.74, 6) is -0.876. The molecule has 19 heavy (non-hydrogen) atoms. The number of Topliss-reactive ketones (excluding diaryl/α,β-unsaturated/α-hetero) is 1. The normalized spacial score (nSPS) is 26.1. The summed E-state index contributed by atoms with van der Waals surface area (Å²) in [6.45, 7) is 2.49. The minimum absolute atomic E-state index is 0.0290. The van der Waals surface area contributed by atoms with Gasteiger partial charge in [-0.25, -0.2) is 0 Å². The van der Waals surface area contributed by atoms with Gasteiger partial charge >= 0.3 is 0 Å². The Balaban J connectivity index is 1.87. The number of benzene rings is 1. The Morgan fingerprint density at radius 2 is 2.16 bits per heavy atom. The highest BCUT2D eigenvalue weighted by Crippen LogP contribution is 2.32. The van der Waals surface area contributed by atoms with E-state index in [4.69, 9.17) is 4.74 Å². The summed E-state index contributed by atoms with van der Waals surface area (Å²) in [6, 6.07) is 5.35. The van der Waals surface area contributed by atoms with Gasteiger partial charge in [0.15, 0.2) is 0 Å². The number of amides is 1. The Bertz CT molecular complexity index is 558. The minimum Gasteiger partial charge on any atom is -0.373 e. The molecule has 3 rings (SSSR count). The maximum absolute atomic E-state index is 12.0. The van der Waals surface area contributed by atoms with Crippen molar-refractivity contribution in [1.29, 1.82) is 0 Å². The van der Waals surface area contributed by atoms with Crippen LogP contribution in [0.4, 0.5) is 5.69 Å². The molecule has 2 atom stereocenters. The molecular weight excluding hydrogens is 310 g/mol. The fourth-order valence-corrected chi connectivity index (χ4v) is 3.04. The fourth-order valence-electron chi connectivity index (χ4n) is 2.68. The Morgan fingerprint density at radius 3 is 2.84 bits per heavy atom. The minimum atomic E-state index is -0.448. The van der Waals surface area contributed by atoms with E-state index in [0.717, 1.165) is 17.3 Å². The molecule has 1 fully saturated rings. The van der Waals surface area contributed by atoms with E-state index in [2.05, 4.69) is 15.9 Å². The highest BCUT2D eigenvalue weighted by Gasteiger charge is 2.38. The van der Waals surface area contributed by atoms with Crippen molar-refractivity contribution in [1.82, 2.24) is 0 Å². The first-order chi connectivity index (χ1) is 9.06. The van der Waals surface area contributed by atoms with Gasteiger partial charge in [-0.2, -0.15) is 0 Å². The number of nitrogens with zero attached hydrogens (tertiary/aromatic N) is 1. The molecule has 0 aromatic heterocycles. The molecule has 0 N–H and O–H groups in total. The Kier molecular flexibility index (Phi) is 3.19. The van der Waals surface area contributed by atoms with E-state index in [-0.39, 0.29) is 12.2 Å². The summed E-state index contributed by atoms with van der Waals surface area (Å²) in [6.07, 6.45) is 2.21. The molecule has 1 saturated heterocycles. The monoisotopic (exact) mass is 323 g/mol. The molecule has 0 bridgehead atoms. The van der Waals surface area contributed by atoms with Crippen molar-refractivity contribution in [3.8, 4) is 0 Å². The number of ether oxygens (including phenoxy) is 1. The van der Waals surface area contributed by atoms with Crippen LogP contribution in [-0.4, -0.2) is 30.4 Å². The van der Waals surface area contributed by atoms with Crippen LogP contribution in [-0.2, 0) is 9.53 Å². The number of hydrogen-bond donors (Lipinski definition) is 0. The topological polar surface area (TPSA) is 46.6 Å². The summed E-state index contributed by atoms with van der Waals surface area (Å²) >= 11 is 3.32. The van der Waals surface area contributed by atoms with E-state index in [0.29, 0.717) is 17.8 Å². The number of carbonyl (C=O) groups excluding carboxylic acids is 2. The number of fused-ring (bicyclic) bond motifs is 1. The van der Waals surface area contributed by atoms with Crippen LogP contribution in [0.1, 0.15) is 30.1 Å². The van der Waals surface area contributed by atoms with Gasteiger partial charge in [-0.15, -0.1) is 0 Å². The van der Waals surface area contributed by atoms with Crippen LogP contribution >= 0.6 is 15.9 Å². The van der Waals surface area contributed by atoms with E-state index in [1.54, 1.807) is 17.0 Å². The zero-order valence-electron chi connectivity index (χ0n) is 10.6. The van der Waals surface area contributed by atoms with Gasteiger partial charge in [0.25, 0.3) is 11.7 Å². The molecule has 4 nitrogen and oxygen atoms in total. The molecule has 0 saturated carbocycles. The van der Waals surface area contributed by atoms with Crippen molar-refractivity contribution in [3.63, 3.8) is 0 Å². The second-order valence-electron chi connectivity index (χ2n) is 5.05. The summed E-state index contributed by atoms with van der Waals surface area (Å²) in [5, 5.41) is 0. The number of halogens is 1. The molecule has 2 aliphatic heterocycles. The maximum Gasteiger partial charge on any atom is 0.299 e. The maximum atomic E-state index is 12.0. The van der Waals surface area contributed by atoms with E-state index >= 15 is 0 Å². The number of rotatable bonds is 2. The van der Waals surface area contributed by atoms with Crippen LogP contribution in [0.5, 0.6) is 0 Å². The highest BCUT2D eigenvalue weighted by molar-refractivity contribution is 9.10. The standard InChI is InChI=1S/C14H14BrNO3/c1-8-2-4-10(19-8)7-16-12-5-3-9(15)6-11(12)13(17)14(16)18/h3,5-6,8,10H,2,4,7H2,1H3. The number of anilines is 1. The summed E-state index contributed by atoms with van der Waals surface area (Å²) in [5.41, 5.74) is 1.17. The first kappa shape index (κ1) is 12.8. The van der Waals surface area contributed by atoms with Gasteiger partial charge in [0.2, 0.25) is 0 Å². The van der Waals surface area contributed by atoms with Gasteiger partial charge in [0.1, 0.15) is 0 Å². The lowest BCUT2D eigenvalue weighted by Crippen LogP contribution is -2.36. The third-order valence-corrected chi connectivity index (χ3v) is 4.13. The first-order valence-electron chi connectivity index (χ1n) is 6.37. The van der Waals surface area contributed by atoms with Gasteiger partial charge in [0.05, 0.1) is 30.0 Å². The Morgan fingerprint density at radius 1 is 1.37 bits per heavy atom. The van der Waals surface area contributed by atoms with Crippen molar-refractivity contribution in [2.24, 2.45) is 0 Å². The number of ketones is 1. The van der Waals surface area contributed by atoms with Crippen LogP contribution in [0.25, 0.3) is 0 Å². The van der Waals surface area contributed by atoms with Crippen LogP contribution in [0.3, 0.4) is 0 Å². The van der Waals surface area contributed by atoms with Gasteiger partial charge in [-0.05, 0) is 38.0 Å². The second-order valence-corrected chi connectivity index (χ2v) is 5.97. The Labute approximate surface area is 119 Å². The lowest BCUT2D eigenvalue weighted by atomic mass is 10.1.